The van der Waals surface area contributed by atoms with Gasteiger partial charge in [0.1, 0.15) is 17.8 Å². The van der Waals surface area contributed by atoms with Crippen molar-refractivity contribution in [3.8, 4) is 10.6 Å². The molecule has 4 rings (SSSR count). The predicted molar refractivity (Wildman–Crippen MR) is 91.8 cm³/mol. The average molecular weight is 339 g/mol. The summed E-state index contributed by atoms with van der Waals surface area (Å²) in [6.07, 6.45) is 3.35. The summed E-state index contributed by atoms with van der Waals surface area (Å²) in [6.45, 7) is 5.69. The van der Waals surface area contributed by atoms with Gasteiger partial charge in [0.2, 0.25) is 0 Å². The zero-order valence-electron chi connectivity index (χ0n) is 13.6. The molecule has 0 atom stereocenters. The number of amides is 1. The number of fused-ring (bicyclic) bond motifs is 1. The molecule has 0 fully saturated rings. The SMILES string of the molecule is Cc1ncnc(C(=O)N2CCn3c(-c4cccs4)cnc3C2)c1C. The molecule has 1 aliphatic heterocycles. The van der Waals surface area contributed by atoms with Crippen LogP contribution in [0.25, 0.3) is 10.6 Å². The fourth-order valence-electron chi connectivity index (χ4n) is 2.96. The number of nitrogens with zero attached hydrogens (tertiary/aromatic N) is 5. The summed E-state index contributed by atoms with van der Waals surface area (Å²) in [4.78, 5) is 28.7. The molecule has 7 heteroatoms. The lowest BCUT2D eigenvalue weighted by Gasteiger charge is -2.28. The van der Waals surface area contributed by atoms with Crippen LogP contribution in [0.2, 0.25) is 0 Å². The summed E-state index contributed by atoms with van der Waals surface area (Å²) >= 11 is 1.70. The van der Waals surface area contributed by atoms with Gasteiger partial charge in [-0.15, -0.1) is 11.3 Å². The Morgan fingerprint density at radius 1 is 1.21 bits per heavy atom. The van der Waals surface area contributed by atoms with Gasteiger partial charge in [-0.3, -0.25) is 4.79 Å². The predicted octanol–water partition coefficient (Wildman–Crippen LogP) is 2.67. The van der Waals surface area contributed by atoms with Gasteiger partial charge in [0.05, 0.1) is 23.3 Å². The zero-order valence-corrected chi connectivity index (χ0v) is 14.4. The summed E-state index contributed by atoms with van der Waals surface area (Å²) in [6, 6.07) is 4.14. The van der Waals surface area contributed by atoms with Gasteiger partial charge in [0, 0.05) is 24.3 Å². The van der Waals surface area contributed by atoms with Crippen LogP contribution in [0.1, 0.15) is 27.6 Å². The van der Waals surface area contributed by atoms with Gasteiger partial charge >= 0.3 is 0 Å². The smallest absolute Gasteiger partial charge is 0.273 e. The second-order valence-corrected chi connectivity index (χ2v) is 6.80. The number of carbonyl (C=O) groups is 1. The number of aryl methyl sites for hydroxylation is 1. The number of thiophene rings is 1. The molecule has 0 radical (unpaired) electrons. The summed E-state index contributed by atoms with van der Waals surface area (Å²) in [5.74, 6) is 0.867. The second-order valence-electron chi connectivity index (χ2n) is 5.85. The minimum Gasteiger partial charge on any atom is -0.328 e. The van der Waals surface area contributed by atoms with Crippen LogP contribution in [-0.4, -0.2) is 36.9 Å². The fourth-order valence-corrected chi connectivity index (χ4v) is 3.70. The Labute approximate surface area is 143 Å². The van der Waals surface area contributed by atoms with Crippen LogP contribution < -0.4 is 0 Å². The lowest BCUT2D eigenvalue weighted by atomic mass is 10.1. The van der Waals surface area contributed by atoms with Crippen molar-refractivity contribution in [3.05, 3.63) is 52.8 Å². The van der Waals surface area contributed by atoms with E-state index in [1.54, 1.807) is 11.3 Å². The molecule has 0 saturated heterocycles. The Hall–Kier alpha value is -2.54. The van der Waals surface area contributed by atoms with E-state index in [2.05, 4.69) is 31.0 Å². The van der Waals surface area contributed by atoms with Crippen molar-refractivity contribution in [2.75, 3.05) is 6.54 Å². The van der Waals surface area contributed by atoms with Crippen LogP contribution in [0, 0.1) is 13.8 Å². The van der Waals surface area contributed by atoms with Gasteiger partial charge in [-0.2, -0.15) is 0 Å². The number of imidazole rings is 1. The Kier molecular flexibility index (Phi) is 3.65. The first-order valence-corrected chi connectivity index (χ1v) is 8.69. The maximum Gasteiger partial charge on any atom is 0.273 e. The Bertz CT molecular complexity index is 900. The molecule has 0 aliphatic carbocycles. The molecule has 0 N–H and O–H groups in total. The summed E-state index contributed by atoms with van der Waals surface area (Å²) in [5, 5.41) is 2.06. The molecule has 0 aromatic carbocycles. The molecule has 24 heavy (non-hydrogen) atoms. The number of aromatic nitrogens is 4. The quantitative estimate of drug-likeness (QED) is 0.720. The highest BCUT2D eigenvalue weighted by Gasteiger charge is 2.26. The van der Waals surface area contributed by atoms with E-state index in [1.807, 2.05) is 31.0 Å². The molecular formula is C17H17N5OS. The molecule has 0 unspecified atom stereocenters. The molecule has 3 aromatic heterocycles. The van der Waals surface area contributed by atoms with Crippen LogP contribution >= 0.6 is 11.3 Å². The van der Waals surface area contributed by atoms with Gasteiger partial charge < -0.3 is 9.47 Å². The lowest BCUT2D eigenvalue weighted by molar-refractivity contribution is 0.0701. The molecule has 122 valence electrons. The van der Waals surface area contributed by atoms with Gasteiger partial charge in [-0.1, -0.05) is 6.07 Å². The fraction of sp³-hybridized carbons (Fsp3) is 0.294. The summed E-state index contributed by atoms with van der Waals surface area (Å²) < 4.78 is 2.20. The second kappa shape index (κ2) is 5.83. The minimum absolute atomic E-state index is 0.0510. The lowest BCUT2D eigenvalue weighted by Crippen LogP contribution is -2.39. The van der Waals surface area contributed by atoms with E-state index in [1.165, 1.54) is 11.2 Å². The van der Waals surface area contributed by atoms with Crippen LogP contribution in [-0.2, 0) is 13.1 Å². The molecular weight excluding hydrogens is 322 g/mol. The van der Waals surface area contributed by atoms with Crippen LogP contribution in [0.15, 0.2) is 30.0 Å². The van der Waals surface area contributed by atoms with Crippen molar-refractivity contribution >= 4 is 17.2 Å². The van der Waals surface area contributed by atoms with Crippen molar-refractivity contribution in [2.45, 2.75) is 26.9 Å². The topological polar surface area (TPSA) is 63.9 Å². The van der Waals surface area contributed by atoms with Gasteiger partial charge in [0.25, 0.3) is 5.91 Å². The van der Waals surface area contributed by atoms with Crippen molar-refractivity contribution in [2.24, 2.45) is 0 Å². The van der Waals surface area contributed by atoms with E-state index in [9.17, 15) is 4.79 Å². The first-order chi connectivity index (χ1) is 11.6. The molecule has 0 spiro atoms. The number of rotatable bonds is 2. The molecule has 3 aromatic rings. The van der Waals surface area contributed by atoms with E-state index in [0.29, 0.717) is 18.8 Å². The highest BCUT2D eigenvalue weighted by molar-refractivity contribution is 7.13. The largest absolute Gasteiger partial charge is 0.328 e. The summed E-state index contributed by atoms with van der Waals surface area (Å²) in [7, 11) is 0. The number of hydrogen-bond acceptors (Lipinski definition) is 5. The summed E-state index contributed by atoms with van der Waals surface area (Å²) in [5.41, 5.74) is 3.30. The number of carbonyl (C=O) groups excluding carboxylic acids is 1. The van der Waals surface area contributed by atoms with Crippen molar-refractivity contribution in [1.29, 1.82) is 0 Å². The Morgan fingerprint density at radius 3 is 2.88 bits per heavy atom. The third kappa shape index (κ3) is 2.41. The average Bonchev–Trinajstić information content (AvgIpc) is 3.25. The van der Waals surface area contributed by atoms with Crippen molar-refractivity contribution in [3.63, 3.8) is 0 Å². The molecule has 4 heterocycles. The van der Waals surface area contributed by atoms with Crippen LogP contribution in [0.3, 0.4) is 0 Å². The monoisotopic (exact) mass is 339 g/mol. The molecule has 1 amide bonds. The third-order valence-corrected chi connectivity index (χ3v) is 5.36. The third-order valence-electron chi connectivity index (χ3n) is 4.46. The Morgan fingerprint density at radius 2 is 2.08 bits per heavy atom. The van der Waals surface area contributed by atoms with Gasteiger partial charge in [-0.05, 0) is 25.3 Å². The van der Waals surface area contributed by atoms with E-state index in [-0.39, 0.29) is 5.91 Å². The zero-order chi connectivity index (χ0) is 16.7. The van der Waals surface area contributed by atoms with Gasteiger partial charge in [-0.25, -0.2) is 15.0 Å². The molecule has 0 saturated carbocycles. The molecule has 0 bridgehead atoms. The van der Waals surface area contributed by atoms with Crippen molar-refractivity contribution < 1.29 is 4.79 Å². The highest BCUT2D eigenvalue weighted by atomic mass is 32.1. The first kappa shape index (κ1) is 15.0. The van der Waals surface area contributed by atoms with E-state index < -0.39 is 0 Å². The Balaban J connectivity index is 1.61. The maximum absolute atomic E-state index is 12.8. The van der Waals surface area contributed by atoms with Crippen LogP contribution in [0.4, 0.5) is 0 Å². The maximum atomic E-state index is 12.8. The minimum atomic E-state index is -0.0510. The van der Waals surface area contributed by atoms with Crippen LogP contribution in [0.5, 0.6) is 0 Å². The first-order valence-electron chi connectivity index (χ1n) is 7.81. The standard InChI is InChI=1S/C17H17N5OS/c1-11-12(2)19-10-20-16(11)17(23)21-5-6-22-13(8-18-15(22)9-21)14-4-3-7-24-14/h3-4,7-8,10H,5-6,9H2,1-2H3. The molecule has 1 aliphatic rings. The van der Waals surface area contributed by atoms with Gasteiger partial charge in [0.15, 0.2) is 0 Å². The van der Waals surface area contributed by atoms with E-state index >= 15 is 0 Å². The normalized spacial score (nSPS) is 13.8. The van der Waals surface area contributed by atoms with Crippen molar-refractivity contribution in [1.82, 2.24) is 24.4 Å². The number of hydrogen-bond donors (Lipinski definition) is 0. The van der Waals surface area contributed by atoms with E-state index in [0.717, 1.165) is 29.3 Å². The highest BCUT2D eigenvalue weighted by Crippen LogP contribution is 2.28. The molecule has 6 nitrogen and oxygen atoms in total. The van der Waals surface area contributed by atoms with E-state index in [4.69, 9.17) is 0 Å².